The maximum Gasteiger partial charge on any atom is 0.308 e. The number of carbonyl (C=O) groups excluding carboxylic acids is 1. The highest BCUT2D eigenvalue weighted by molar-refractivity contribution is 7.16. The number of anilines is 1. The third-order valence-electron chi connectivity index (χ3n) is 4.55. The molecule has 0 radical (unpaired) electrons. The summed E-state index contributed by atoms with van der Waals surface area (Å²) in [6.45, 7) is 3.94. The standard InChI is InChI=1S/C22H24N2O5S/c1-13(2)24-16-9-8-15(12-18(16)30-22(24)26)23-19(25)11-7-14-6-10-17(27-3)21(29-5)20(14)28-4/h6-13H,1-5H3,(H,23,25)/b11-7+. The molecule has 0 spiro atoms. The van der Waals surface area contributed by atoms with E-state index in [4.69, 9.17) is 14.2 Å². The molecule has 1 aromatic heterocycles. The highest BCUT2D eigenvalue weighted by Crippen LogP contribution is 2.40. The van der Waals surface area contributed by atoms with Crippen LogP contribution in [-0.4, -0.2) is 31.8 Å². The van der Waals surface area contributed by atoms with Crippen molar-refractivity contribution in [1.82, 2.24) is 4.57 Å². The van der Waals surface area contributed by atoms with Gasteiger partial charge in [0.25, 0.3) is 0 Å². The van der Waals surface area contributed by atoms with Gasteiger partial charge in [-0.1, -0.05) is 11.3 Å². The van der Waals surface area contributed by atoms with E-state index in [-0.39, 0.29) is 16.8 Å². The fourth-order valence-electron chi connectivity index (χ4n) is 3.21. The maximum atomic E-state index is 12.4. The first-order valence-electron chi connectivity index (χ1n) is 9.32. The van der Waals surface area contributed by atoms with Crippen molar-refractivity contribution in [1.29, 1.82) is 0 Å². The number of thiazole rings is 1. The van der Waals surface area contributed by atoms with Crippen molar-refractivity contribution in [2.75, 3.05) is 26.6 Å². The molecule has 0 fully saturated rings. The smallest absolute Gasteiger partial charge is 0.308 e. The first-order chi connectivity index (χ1) is 14.4. The minimum absolute atomic E-state index is 0.0103. The van der Waals surface area contributed by atoms with E-state index in [2.05, 4.69) is 5.32 Å². The van der Waals surface area contributed by atoms with Crippen LogP contribution in [-0.2, 0) is 4.79 Å². The molecular weight excluding hydrogens is 404 g/mol. The van der Waals surface area contributed by atoms with Crippen molar-refractivity contribution in [3.05, 3.63) is 51.6 Å². The Hall–Kier alpha value is -3.26. The molecular formula is C22H24N2O5S. The number of methoxy groups -OCH3 is 3. The van der Waals surface area contributed by atoms with Crippen molar-refractivity contribution in [2.45, 2.75) is 19.9 Å². The molecule has 8 heteroatoms. The molecule has 1 heterocycles. The molecule has 30 heavy (non-hydrogen) atoms. The Morgan fingerprint density at radius 1 is 1.07 bits per heavy atom. The Kier molecular flexibility index (Phi) is 6.47. The minimum Gasteiger partial charge on any atom is -0.493 e. The first-order valence-corrected chi connectivity index (χ1v) is 10.1. The van der Waals surface area contributed by atoms with E-state index in [1.807, 2.05) is 26.0 Å². The number of benzene rings is 2. The monoisotopic (exact) mass is 428 g/mol. The number of fused-ring (bicyclic) bond motifs is 1. The third kappa shape index (κ3) is 4.18. The van der Waals surface area contributed by atoms with Gasteiger partial charge in [-0.15, -0.1) is 0 Å². The molecule has 3 aromatic rings. The predicted octanol–water partition coefficient (Wildman–Crippen LogP) is 4.32. The number of carbonyl (C=O) groups is 1. The Balaban J connectivity index is 1.82. The molecule has 0 aliphatic rings. The number of hydrogen-bond donors (Lipinski definition) is 1. The van der Waals surface area contributed by atoms with Gasteiger partial charge in [0, 0.05) is 23.4 Å². The van der Waals surface area contributed by atoms with Crippen LogP contribution in [0.4, 0.5) is 5.69 Å². The number of amides is 1. The molecule has 1 N–H and O–H groups in total. The Labute approximate surface area is 178 Å². The maximum absolute atomic E-state index is 12.4. The van der Waals surface area contributed by atoms with Crippen LogP contribution in [0.25, 0.3) is 16.3 Å². The molecule has 0 saturated heterocycles. The van der Waals surface area contributed by atoms with Gasteiger partial charge in [-0.2, -0.15) is 0 Å². The molecule has 1 amide bonds. The molecule has 3 rings (SSSR count). The summed E-state index contributed by atoms with van der Waals surface area (Å²) in [5.41, 5.74) is 2.16. The van der Waals surface area contributed by atoms with Gasteiger partial charge in [0.1, 0.15) is 0 Å². The second-order valence-corrected chi connectivity index (χ2v) is 7.75. The van der Waals surface area contributed by atoms with Crippen LogP contribution in [0.2, 0.25) is 0 Å². The number of rotatable bonds is 7. The highest BCUT2D eigenvalue weighted by atomic mass is 32.1. The van der Waals surface area contributed by atoms with E-state index in [0.29, 0.717) is 28.5 Å². The Bertz CT molecular complexity index is 1160. The van der Waals surface area contributed by atoms with E-state index in [9.17, 15) is 9.59 Å². The lowest BCUT2D eigenvalue weighted by Crippen LogP contribution is -2.14. The van der Waals surface area contributed by atoms with Crippen molar-refractivity contribution >= 4 is 39.2 Å². The molecule has 0 saturated carbocycles. The first kappa shape index (κ1) is 21.4. The van der Waals surface area contributed by atoms with E-state index in [1.54, 1.807) is 36.0 Å². The number of nitrogens with zero attached hydrogens (tertiary/aromatic N) is 1. The van der Waals surface area contributed by atoms with Gasteiger partial charge >= 0.3 is 4.87 Å². The largest absolute Gasteiger partial charge is 0.493 e. The van der Waals surface area contributed by atoms with Gasteiger partial charge in [-0.05, 0) is 50.3 Å². The second-order valence-electron chi connectivity index (χ2n) is 6.76. The van der Waals surface area contributed by atoms with E-state index in [0.717, 1.165) is 10.2 Å². The lowest BCUT2D eigenvalue weighted by molar-refractivity contribution is -0.111. The molecule has 158 valence electrons. The van der Waals surface area contributed by atoms with E-state index >= 15 is 0 Å². The van der Waals surface area contributed by atoms with Crippen LogP contribution < -0.4 is 24.4 Å². The zero-order valence-electron chi connectivity index (χ0n) is 17.5. The summed E-state index contributed by atoms with van der Waals surface area (Å²) in [6, 6.07) is 9.05. The normalized spacial score (nSPS) is 11.3. The molecule has 7 nitrogen and oxygen atoms in total. The van der Waals surface area contributed by atoms with Crippen LogP contribution in [0.3, 0.4) is 0 Å². The predicted molar refractivity (Wildman–Crippen MR) is 120 cm³/mol. The third-order valence-corrected chi connectivity index (χ3v) is 5.46. The topological polar surface area (TPSA) is 78.8 Å². The van der Waals surface area contributed by atoms with Crippen LogP contribution in [0.15, 0.2) is 41.2 Å². The van der Waals surface area contributed by atoms with Crippen LogP contribution in [0.1, 0.15) is 25.5 Å². The molecule has 0 atom stereocenters. The molecule has 2 aromatic carbocycles. The number of nitrogens with one attached hydrogen (secondary N) is 1. The molecule has 0 aliphatic carbocycles. The van der Waals surface area contributed by atoms with Crippen molar-refractivity contribution in [3.8, 4) is 17.2 Å². The average molecular weight is 429 g/mol. The van der Waals surface area contributed by atoms with Crippen LogP contribution in [0, 0.1) is 0 Å². The zero-order chi connectivity index (χ0) is 21.8. The Morgan fingerprint density at radius 3 is 2.43 bits per heavy atom. The zero-order valence-corrected chi connectivity index (χ0v) is 18.3. The summed E-state index contributed by atoms with van der Waals surface area (Å²) in [6.07, 6.45) is 3.05. The summed E-state index contributed by atoms with van der Waals surface area (Å²) in [4.78, 5) is 24.6. The molecule has 0 aliphatic heterocycles. The van der Waals surface area contributed by atoms with Gasteiger partial charge in [0.2, 0.25) is 11.7 Å². The molecule has 0 unspecified atom stereocenters. The van der Waals surface area contributed by atoms with Crippen molar-refractivity contribution < 1.29 is 19.0 Å². The Morgan fingerprint density at radius 2 is 1.80 bits per heavy atom. The fourth-order valence-corrected chi connectivity index (χ4v) is 4.26. The van der Waals surface area contributed by atoms with Crippen LogP contribution >= 0.6 is 11.3 Å². The van der Waals surface area contributed by atoms with Gasteiger partial charge in [0.15, 0.2) is 11.5 Å². The molecule has 0 bridgehead atoms. The lowest BCUT2D eigenvalue weighted by atomic mass is 10.1. The summed E-state index contributed by atoms with van der Waals surface area (Å²) in [7, 11) is 4.60. The quantitative estimate of drug-likeness (QED) is 0.567. The van der Waals surface area contributed by atoms with Gasteiger partial charge in [-0.3, -0.25) is 14.2 Å². The van der Waals surface area contributed by atoms with E-state index < -0.39 is 0 Å². The van der Waals surface area contributed by atoms with Gasteiger partial charge < -0.3 is 19.5 Å². The highest BCUT2D eigenvalue weighted by Gasteiger charge is 2.15. The van der Waals surface area contributed by atoms with Gasteiger partial charge in [0.05, 0.1) is 31.5 Å². The summed E-state index contributed by atoms with van der Waals surface area (Å²) in [5.74, 6) is 1.16. The minimum atomic E-state index is -0.304. The number of ether oxygens (including phenoxy) is 3. The van der Waals surface area contributed by atoms with Crippen molar-refractivity contribution in [3.63, 3.8) is 0 Å². The van der Waals surface area contributed by atoms with Crippen molar-refractivity contribution in [2.24, 2.45) is 0 Å². The SMILES string of the molecule is COc1ccc(/C=C/C(=O)Nc2ccc3c(c2)sc(=O)n3C(C)C)c(OC)c1OC. The van der Waals surface area contributed by atoms with Crippen LogP contribution in [0.5, 0.6) is 17.2 Å². The lowest BCUT2D eigenvalue weighted by Gasteiger charge is -2.14. The summed E-state index contributed by atoms with van der Waals surface area (Å²) in [5, 5.41) is 2.82. The summed E-state index contributed by atoms with van der Waals surface area (Å²) < 4.78 is 18.6. The number of hydrogen-bond acceptors (Lipinski definition) is 6. The van der Waals surface area contributed by atoms with Gasteiger partial charge in [-0.25, -0.2) is 0 Å². The summed E-state index contributed by atoms with van der Waals surface area (Å²) >= 11 is 1.17. The average Bonchev–Trinajstić information content (AvgIpc) is 3.06. The fraction of sp³-hybridized carbons (Fsp3) is 0.273. The van der Waals surface area contributed by atoms with E-state index in [1.165, 1.54) is 31.6 Å². The number of aromatic nitrogens is 1. The second kappa shape index (κ2) is 9.04.